The maximum atomic E-state index is 13.0. The van der Waals surface area contributed by atoms with E-state index in [1.54, 1.807) is 0 Å². The monoisotopic (exact) mass is 946 g/mol. The van der Waals surface area contributed by atoms with Crippen LogP contribution in [0.25, 0.3) is 0 Å². The number of amides is 1. The molecule has 67 heavy (non-hydrogen) atoms. The summed E-state index contributed by atoms with van der Waals surface area (Å²) >= 11 is 0. The zero-order valence-electron chi connectivity index (χ0n) is 43.4. The van der Waals surface area contributed by atoms with E-state index < -0.39 is 49.5 Å². The summed E-state index contributed by atoms with van der Waals surface area (Å²) in [4.78, 5) is 13.0. The lowest BCUT2D eigenvalue weighted by Crippen LogP contribution is -2.60. The third kappa shape index (κ3) is 37.6. The number of hydrogen-bond acceptors (Lipinski definition) is 8. The second kappa shape index (κ2) is 47.8. The highest BCUT2D eigenvalue weighted by Crippen LogP contribution is 2.23. The van der Waals surface area contributed by atoms with Crippen LogP contribution in [-0.2, 0) is 14.3 Å². The van der Waals surface area contributed by atoms with Gasteiger partial charge < -0.3 is 40.3 Å². The SMILES string of the molecule is CC/C=C\C/C=C\C/C=C\C/C=C\CCCCCCCCCCCCCCCCCCCCCCC(=O)NC(COC1OC(CO)C(O)C(O)C1O)C(O)CCCCCCCCCCCCC. The van der Waals surface area contributed by atoms with Crippen molar-refractivity contribution in [2.45, 2.75) is 301 Å². The number of aliphatic hydroxyl groups excluding tert-OH is 5. The van der Waals surface area contributed by atoms with E-state index in [0.29, 0.717) is 12.8 Å². The Morgan fingerprint density at radius 3 is 1.37 bits per heavy atom. The third-order valence-electron chi connectivity index (χ3n) is 13.4. The van der Waals surface area contributed by atoms with Gasteiger partial charge in [-0.05, 0) is 51.4 Å². The van der Waals surface area contributed by atoms with E-state index in [1.807, 2.05) is 0 Å². The lowest BCUT2D eigenvalue weighted by molar-refractivity contribution is -0.302. The van der Waals surface area contributed by atoms with Gasteiger partial charge in [-0.3, -0.25) is 4.79 Å². The van der Waals surface area contributed by atoms with Crippen molar-refractivity contribution in [2.75, 3.05) is 13.2 Å². The van der Waals surface area contributed by atoms with Gasteiger partial charge in [0.1, 0.15) is 24.4 Å². The smallest absolute Gasteiger partial charge is 0.220 e. The van der Waals surface area contributed by atoms with E-state index in [2.05, 4.69) is 67.8 Å². The molecular weight excluding hydrogens is 839 g/mol. The predicted octanol–water partition coefficient (Wildman–Crippen LogP) is 13.7. The lowest BCUT2D eigenvalue weighted by Gasteiger charge is -2.40. The molecule has 6 N–H and O–H groups in total. The molecular formula is C58H107NO8. The van der Waals surface area contributed by atoms with E-state index in [4.69, 9.17) is 9.47 Å². The Hall–Kier alpha value is -1.85. The molecule has 0 aromatic heterocycles. The molecule has 1 aliphatic rings. The van der Waals surface area contributed by atoms with Crippen LogP contribution in [-0.4, -0.2) is 87.5 Å². The molecule has 1 rings (SSSR count). The normalized spacial score (nSPS) is 20.0. The van der Waals surface area contributed by atoms with Crippen molar-refractivity contribution in [3.63, 3.8) is 0 Å². The summed E-state index contributed by atoms with van der Waals surface area (Å²) in [5, 5.41) is 54.5. The van der Waals surface area contributed by atoms with Gasteiger partial charge in [-0.25, -0.2) is 0 Å². The molecule has 0 aromatic rings. The number of allylic oxidation sites excluding steroid dienone is 8. The van der Waals surface area contributed by atoms with Gasteiger partial charge in [0.25, 0.3) is 0 Å². The van der Waals surface area contributed by atoms with Gasteiger partial charge in [0, 0.05) is 6.42 Å². The van der Waals surface area contributed by atoms with Crippen LogP contribution in [0.5, 0.6) is 0 Å². The first-order chi connectivity index (χ1) is 32.8. The van der Waals surface area contributed by atoms with Crippen LogP contribution in [0.3, 0.4) is 0 Å². The molecule has 0 radical (unpaired) electrons. The van der Waals surface area contributed by atoms with Crippen LogP contribution < -0.4 is 5.32 Å². The second-order valence-electron chi connectivity index (χ2n) is 19.7. The maximum Gasteiger partial charge on any atom is 0.220 e. The number of nitrogens with one attached hydrogen (secondary N) is 1. The fourth-order valence-electron chi connectivity index (χ4n) is 8.98. The molecule has 9 nitrogen and oxygen atoms in total. The molecule has 0 aliphatic carbocycles. The zero-order valence-corrected chi connectivity index (χ0v) is 43.4. The van der Waals surface area contributed by atoms with Crippen LogP contribution in [0, 0.1) is 0 Å². The Kier molecular flexibility index (Phi) is 45.1. The topological polar surface area (TPSA) is 149 Å². The summed E-state index contributed by atoms with van der Waals surface area (Å²) in [6, 6.07) is -0.716. The van der Waals surface area contributed by atoms with Gasteiger partial charge in [-0.15, -0.1) is 0 Å². The second-order valence-corrected chi connectivity index (χ2v) is 19.7. The van der Waals surface area contributed by atoms with E-state index in [1.165, 1.54) is 167 Å². The van der Waals surface area contributed by atoms with Crippen molar-refractivity contribution >= 4 is 5.91 Å². The molecule has 0 aromatic carbocycles. The van der Waals surface area contributed by atoms with E-state index in [9.17, 15) is 30.3 Å². The molecule has 0 spiro atoms. The minimum atomic E-state index is -1.55. The molecule has 7 atom stereocenters. The van der Waals surface area contributed by atoms with Crippen LogP contribution in [0.2, 0.25) is 0 Å². The fourth-order valence-corrected chi connectivity index (χ4v) is 8.98. The van der Waals surface area contributed by atoms with Crippen molar-refractivity contribution in [1.29, 1.82) is 0 Å². The first-order valence-corrected chi connectivity index (χ1v) is 28.3. The van der Waals surface area contributed by atoms with Gasteiger partial charge in [0.15, 0.2) is 6.29 Å². The van der Waals surface area contributed by atoms with Gasteiger partial charge in [0.05, 0.1) is 25.4 Å². The van der Waals surface area contributed by atoms with Gasteiger partial charge >= 0.3 is 0 Å². The Morgan fingerprint density at radius 2 is 0.925 bits per heavy atom. The molecule has 9 heteroatoms. The zero-order chi connectivity index (χ0) is 48.7. The lowest BCUT2D eigenvalue weighted by atomic mass is 9.99. The quantitative estimate of drug-likeness (QED) is 0.0261. The van der Waals surface area contributed by atoms with E-state index in [-0.39, 0.29) is 12.5 Å². The number of carbonyl (C=O) groups is 1. The summed E-state index contributed by atoms with van der Waals surface area (Å²) in [7, 11) is 0. The first-order valence-electron chi connectivity index (χ1n) is 28.3. The largest absolute Gasteiger partial charge is 0.394 e. The average Bonchev–Trinajstić information content (AvgIpc) is 3.33. The molecule has 1 aliphatic heterocycles. The summed E-state index contributed by atoms with van der Waals surface area (Å²) in [5.74, 6) is -0.143. The highest BCUT2D eigenvalue weighted by atomic mass is 16.7. The van der Waals surface area contributed by atoms with Gasteiger partial charge in [-0.1, -0.05) is 249 Å². The summed E-state index contributed by atoms with van der Waals surface area (Å²) < 4.78 is 11.3. The van der Waals surface area contributed by atoms with Crippen molar-refractivity contribution in [2.24, 2.45) is 0 Å². The minimum Gasteiger partial charge on any atom is -0.394 e. The summed E-state index contributed by atoms with van der Waals surface area (Å²) in [6.45, 7) is 3.72. The number of rotatable bonds is 48. The molecule has 392 valence electrons. The van der Waals surface area contributed by atoms with E-state index in [0.717, 1.165) is 64.2 Å². The molecule has 1 heterocycles. The van der Waals surface area contributed by atoms with Crippen LogP contribution in [0.15, 0.2) is 48.6 Å². The first kappa shape index (κ1) is 63.2. The van der Waals surface area contributed by atoms with Crippen molar-refractivity contribution in [1.82, 2.24) is 5.32 Å². The van der Waals surface area contributed by atoms with Crippen molar-refractivity contribution < 1.29 is 39.8 Å². The molecule has 1 saturated heterocycles. The van der Waals surface area contributed by atoms with Gasteiger partial charge in [-0.2, -0.15) is 0 Å². The van der Waals surface area contributed by atoms with Crippen molar-refractivity contribution in [3.05, 3.63) is 48.6 Å². The number of unbranched alkanes of at least 4 members (excludes halogenated alkanes) is 30. The molecule has 7 unspecified atom stereocenters. The molecule has 0 bridgehead atoms. The Bertz CT molecular complexity index is 1190. The Morgan fingerprint density at radius 1 is 0.522 bits per heavy atom. The predicted molar refractivity (Wildman–Crippen MR) is 281 cm³/mol. The fraction of sp³-hybridized carbons (Fsp3) is 0.845. The number of aliphatic hydroxyl groups is 5. The highest BCUT2D eigenvalue weighted by molar-refractivity contribution is 5.76. The van der Waals surface area contributed by atoms with Gasteiger partial charge in [0.2, 0.25) is 5.91 Å². The van der Waals surface area contributed by atoms with Crippen molar-refractivity contribution in [3.8, 4) is 0 Å². The van der Waals surface area contributed by atoms with Crippen LogP contribution in [0.1, 0.15) is 258 Å². The molecule has 1 amide bonds. The maximum absolute atomic E-state index is 13.0. The number of ether oxygens (including phenoxy) is 2. The number of hydrogen-bond donors (Lipinski definition) is 6. The Balaban J connectivity index is 2.08. The standard InChI is InChI=1S/C58H107NO8/c1-3-5-7-9-11-13-15-16-17-18-19-20-21-22-23-24-25-26-27-28-29-30-31-32-33-34-35-36-38-40-42-44-46-48-54(62)59-51(50-66-58-57(65)56(64)55(63)53(49-60)67-58)52(61)47-45-43-41-39-37-14-12-10-8-6-4-2/h5,7,11,13,16-17,19-20,51-53,55-58,60-61,63-65H,3-4,6,8-10,12,14-15,18,21-50H2,1-2H3,(H,59,62)/b7-5-,13-11-,17-16-,20-19-. The Labute approximate surface area is 412 Å². The minimum absolute atomic E-state index is 0.136. The highest BCUT2D eigenvalue weighted by Gasteiger charge is 2.44. The third-order valence-corrected chi connectivity index (χ3v) is 13.4. The van der Waals surface area contributed by atoms with Crippen LogP contribution >= 0.6 is 0 Å². The van der Waals surface area contributed by atoms with Crippen LogP contribution in [0.4, 0.5) is 0 Å². The molecule has 1 fully saturated rings. The summed E-state index contributed by atoms with van der Waals surface area (Å²) in [5.41, 5.74) is 0. The number of carbonyl (C=O) groups excluding carboxylic acids is 1. The average molecular weight is 946 g/mol. The molecule has 0 saturated carbocycles. The van der Waals surface area contributed by atoms with E-state index >= 15 is 0 Å². The summed E-state index contributed by atoms with van der Waals surface area (Å²) in [6.07, 6.45) is 55.9.